The van der Waals surface area contributed by atoms with E-state index in [1.54, 1.807) is 12.1 Å². The molecule has 104 valence electrons. The second kappa shape index (κ2) is 6.18. The van der Waals surface area contributed by atoms with Crippen LogP contribution in [0, 0.1) is 10.1 Å². The van der Waals surface area contributed by atoms with Crippen LogP contribution in [0.1, 0.15) is 0 Å². The number of hydrogen-bond acceptors (Lipinski definition) is 4. The summed E-state index contributed by atoms with van der Waals surface area (Å²) < 4.78 is 0. The fourth-order valence-electron chi connectivity index (χ4n) is 2.38. The van der Waals surface area contributed by atoms with E-state index in [4.69, 9.17) is 16.7 Å². The molecule has 0 radical (unpaired) electrons. The van der Waals surface area contributed by atoms with E-state index >= 15 is 0 Å². The summed E-state index contributed by atoms with van der Waals surface area (Å²) in [6.45, 7) is 4.16. The number of rotatable bonds is 4. The van der Waals surface area contributed by atoms with Crippen molar-refractivity contribution in [3.8, 4) is 0 Å². The van der Waals surface area contributed by atoms with E-state index in [2.05, 4.69) is 0 Å². The number of piperazine rings is 1. The summed E-state index contributed by atoms with van der Waals surface area (Å²) in [5.41, 5.74) is 0.676. The molecule has 19 heavy (non-hydrogen) atoms. The molecular weight excluding hydrogens is 270 g/mol. The van der Waals surface area contributed by atoms with E-state index in [0.717, 1.165) is 32.7 Å². The monoisotopic (exact) mass is 286 g/mol. The van der Waals surface area contributed by atoms with Gasteiger partial charge in [-0.2, -0.15) is 0 Å². The molecule has 0 saturated carbocycles. The number of nitro groups is 1. The van der Waals surface area contributed by atoms with Crippen LogP contribution < -0.4 is 9.80 Å². The molecule has 0 spiro atoms. The first-order valence-electron chi connectivity index (χ1n) is 6.25. The van der Waals surface area contributed by atoms with Crippen molar-refractivity contribution < 1.29 is 14.9 Å². The quantitative estimate of drug-likeness (QED) is 0.601. The Morgan fingerprint density at radius 2 is 2.11 bits per heavy atom. The molecule has 0 aliphatic carbocycles. The van der Waals surface area contributed by atoms with Crippen LogP contribution in [0.5, 0.6) is 0 Å². The molecule has 1 fully saturated rings. The summed E-state index contributed by atoms with van der Waals surface area (Å²) in [5.74, 6) is 0. The van der Waals surface area contributed by atoms with Gasteiger partial charge >= 0.3 is 0 Å². The highest BCUT2D eigenvalue weighted by atomic mass is 35.5. The zero-order chi connectivity index (χ0) is 13.8. The number of hydrogen-bond donors (Lipinski definition) is 2. The molecule has 1 saturated heterocycles. The number of anilines is 1. The largest absolute Gasteiger partial charge is 0.391 e. The summed E-state index contributed by atoms with van der Waals surface area (Å²) >= 11 is 5.81. The van der Waals surface area contributed by atoms with Crippen LogP contribution in [0.25, 0.3) is 0 Å². The Kier molecular flexibility index (Phi) is 4.57. The summed E-state index contributed by atoms with van der Waals surface area (Å²) in [4.78, 5) is 14.0. The second-order valence-corrected chi connectivity index (χ2v) is 5.04. The normalized spacial score (nSPS) is 16.6. The van der Waals surface area contributed by atoms with Gasteiger partial charge in [0.05, 0.1) is 37.7 Å². The minimum atomic E-state index is -0.395. The van der Waals surface area contributed by atoms with Crippen molar-refractivity contribution in [1.29, 1.82) is 0 Å². The van der Waals surface area contributed by atoms with Gasteiger partial charge in [-0.05, 0) is 12.1 Å². The van der Waals surface area contributed by atoms with E-state index in [0.29, 0.717) is 10.7 Å². The highest BCUT2D eigenvalue weighted by Crippen LogP contribution is 2.30. The van der Waals surface area contributed by atoms with Crippen molar-refractivity contribution in [2.24, 2.45) is 0 Å². The molecule has 1 aromatic carbocycles. The van der Waals surface area contributed by atoms with Crippen LogP contribution in [0.3, 0.4) is 0 Å². The fraction of sp³-hybridized carbons (Fsp3) is 0.500. The number of aliphatic hydroxyl groups is 1. The smallest absolute Gasteiger partial charge is 0.294 e. The Hall–Kier alpha value is -1.37. The van der Waals surface area contributed by atoms with Crippen molar-refractivity contribution in [3.05, 3.63) is 33.3 Å². The standard InChI is InChI=1S/C12H16ClN3O3/c13-10-1-2-11(12(9-10)16(18)19)15-5-3-14(4-6-15)7-8-17/h1-2,9,17H,3-8H2/p+1. The predicted octanol–water partition coefficient (Wildman–Crippen LogP) is -0.0546. The number of quaternary nitrogens is 1. The van der Waals surface area contributed by atoms with E-state index in [1.165, 1.54) is 11.0 Å². The van der Waals surface area contributed by atoms with Crippen LogP contribution in [0.2, 0.25) is 5.02 Å². The molecule has 0 amide bonds. The molecule has 6 nitrogen and oxygen atoms in total. The molecule has 1 aromatic rings. The van der Waals surface area contributed by atoms with Gasteiger partial charge in [0.1, 0.15) is 12.2 Å². The fourth-order valence-corrected chi connectivity index (χ4v) is 2.55. The average Bonchev–Trinajstić information content (AvgIpc) is 2.40. The maximum atomic E-state index is 11.1. The third-order valence-corrected chi connectivity index (χ3v) is 3.65. The molecule has 1 aliphatic rings. The maximum Gasteiger partial charge on any atom is 0.294 e. The molecule has 0 unspecified atom stereocenters. The summed E-state index contributed by atoms with van der Waals surface area (Å²) in [6, 6.07) is 4.78. The SMILES string of the molecule is O=[N+]([O-])c1cc(Cl)ccc1N1CC[NH+](CCO)CC1. The molecule has 2 N–H and O–H groups in total. The Morgan fingerprint density at radius 3 is 2.68 bits per heavy atom. The summed E-state index contributed by atoms with van der Waals surface area (Å²) in [6.07, 6.45) is 0. The van der Waals surface area contributed by atoms with Crippen molar-refractivity contribution in [3.63, 3.8) is 0 Å². The molecule has 0 atom stereocenters. The zero-order valence-corrected chi connectivity index (χ0v) is 11.3. The number of nitro benzene ring substituents is 1. The van der Waals surface area contributed by atoms with Gasteiger partial charge in [-0.3, -0.25) is 10.1 Å². The third-order valence-electron chi connectivity index (χ3n) is 3.41. The first-order valence-corrected chi connectivity index (χ1v) is 6.63. The van der Waals surface area contributed by atoms with Crippen LogP contribution in [0.15, 0.2) is 18.2 Å². The van der Waals surface area contributed by atoms with Crippen LogP contribution in [-0.4, -0.2) is 49.4 Å². The lowest BCUT2D eigenvalue weighted by Crippen LogP contribution is -3.15. The van der Waals surface area contributed by atoms with Crippen molar-refractivity contribution in [2.45, 2.75) is 0 Å². The molecule has 2 rings (SSSR count). The van der Waals surface area contributed by atoms with E-state index in [-0.39, 0.29) is 12.3 Å². The van der Waals surface area contributed by atoms with Gasteiger partial charge in [-0.1, -0.05) is 11.6 Å². The first-order chi connectivity index (χ1) is 9.11. The van der Waals surface area contributed by atoms with Crippen molar-refractivity contribution in [1.82, 2.24) is 0 Å². The lowest BCUT2D eigenvalue weighted by Gasteiger charge is -2.33. The molecular formula is C12H17ClN3O3+. The van der Waals surface area contributed by atoms with Crippen LogP contribution >= 0.6 is 11.6 Å². The Balaban J connectivity index is 2.13. The third kappa shape index (κ3) is 3.34. The number of halogens is 1. The molecule has 1 heterocycles. The number of nitrogens with one attached hydrogen (secondary N) is 1. The number of aliphatic hydroxyl groups excluding tert-OH is 1. The number of benzene rings is 1. The summed E-state index contributed by atoms with van der Waals surface area (Å²) in [7, 11) is 0. The first kappa shape index (κ1) is 14.0. The summed E-state index contributed by atoms with van der Waals surface area (Å²) in [5, 5.41) is 20.4. The molecule has 0 aromatic heterocycles. The molecule has 0 bridgehead atoms. The molecule has 1 aliphatic heterocycles. The van der Waals surface area contributed by atoms with Gasteiger partial charge in [0.25, 0.3) is 5.69 Å². The van der Waals surface area contributed by atoms with E-state index < -0.39 is 4.92 Å². The van der Waals surface area contributed by atoms with Gasteiger partial charge in [0.15, 0.2) is 0 Å². The topological polar surface area (TPSA) is 71.0 Å². The number of nitrogens with zero attached hydrogens (tertiary/aromatic N) is 2. The highest BCUT2D eigenvalue weighted by Gasteiger charge is 2.25. The van der Waals surface area contributed by atoms with Crippen LogP contribution in [-0.2, 0) is 0 Å². The van der Waals surface area contributed by atoms with E-state index in [1.807, 2.05) is 4.90 Å². The van der Waals surface area contributed by atoms with Crippen molar-refractivity contribution >= 4 is 23.0 Å². The Labute approximate surface area is 116 Å². The lowest BCUT2D eigenvalue weighted by atomic mass is 10.2. The van der Waals surface area contributed by atoms with Gasteiger partial charge in [0, 0.05) is 11.1 Å². The van der Waals surface area contributed by atoms with E-state index in [9.17, 15) is 10.1 Å². The minimum Gasteiger partial charge on any atom is -0.391 e. The average molecular weight is 287 g/mol. The highest BCUT2D eigenvalue weighted by molar-refractivity contribution is 6.30. The van der Waals surface area contributed by atoms with Gasteiger partial charge in [-0.15, -0.1) is 0 Å². The Morgan fingerprint density at radius 1 is 1.42 bits per heavy atom. The lowest BCUT2D eigenvalue weighted by molar-refractivity contribution is -0.900. The second-order valence-electron chi connectivity index (χ2n) is 4.60. The van der Waals surface area contributed by atoms with Gasteiger partial charge < -0.3 is 14.9 Å². The van der Waals surface area contributed by atoms with Gasteiger partial charge in [0.2, 0.25) is 0 Å². The minimum absolute atomic E-state index is 0.0538. The van der Waals surface area contributed by atoms with Crippen molar-refractivity contribution in [2.75, 3.05) is 44.2 Å². The predicted molar refractivity (Wildman–Crippen MR) is 73.0 cm³/mol. The van der Waals surface area contributed by atoms with Crippen LogP contribution in [0.4, 0.5) is 11.4 Å². The molecule has 7 heteroatoms. The van der Waals surface area contributed by atoms with Gasteiger partial charge in [-0.25, -0.2) is 0 Å². The maximum absolute atomic E-state index is 11.1. The zero-order valence-electron chi connectivity index (χ0n) is 10.5. The Bertz CT molecular complexity index is 462.